The second kappa shape index (κ2) is 7.38. The first-order chi connectivity index (χ1) is 13.6. The molecular weight excluding hydrogens is 354 g/mol. The van der Waals surface area contributed by atoms with Crippen molar-refractivity contribution in [3.05, 3.63) is 54.4 Å². The molecule has 0 N–H and O–H groups in total. The number of rotatable bonds is 4. The average Bonchev–Trinajstić information content (AvgIpc) is 3.16. The number of hydrogen-bond acceptors (Lipinski definition) is 4. The first kappa shape index (κ1) is 18.1. The smallest absolute Gasteiger partial charge is 0.219 e. The fourth-order valence-electron chi connectivity index (χ4n) is 3.53. The van der Waals surface area contributed by atoms with E-state index in [9.17, 15) is 4.79 Å². The number of carbonyl (C=O) groups excluding carboxylic acids is 1. The first-order valence-electron chi connectivity index (χ1n) is 9.25. The molecule has 0 aliphatic carbocycles. The second-order valence-corrected chi connectivity index (χ2v) is 6.82. The second-order valence-electron chi connectivity index (χ2n) is 6.82. The molecule has 3 aromatic rings. The van der Waals surface area contributed by atoms with Crippen LogP contribution in [0, 0.1) is 0 Å². The zero-order valence-corrected chi connectivity index (χ0v) is 16.3. The Morgan fingerprint density at radius 2 is 1.82 bits per heavy atom. The monoisotopic (exact) mass is 377 g/mol. The first-order valence-corrected chi connectivity index (χ1v) is 9.25. The molecule has 0 saturated heterocycles. The van der Waals surface area contributed by atoms with Gasteiger partial charge in [0, 0.05) is 38.0 Å². The number of amides is 1. The van der Waals surface area contributed by atoms with Gasteiger partial charge in [-0.05, 0) is 47.9 Å². The van der Waals surface area contributed by atoms with Crippen LogP contribution in [0.2, 0.25) is 0 Å². The van der Waals surface area contributed by atoms with E-state index in [4.69, 9.17) is 14.5 Å². The van der Waals surface area contributed by atoms with E-state index >= 15 is 0 Å². The van der Waals surface area contributed by atoms with Gasteiger partial charge in [-0.15, -0.1) is 0 Å². The summed E-state index contributed by atoms with van der Waals surface area (Å²) in [5.41, 5.74) is 5.15. The Morgan fingerprint density at radius 3 is 2.50 bits per heavy atom. The highest BCUT2D eigenvalue weighted by Gasteiger charge is 2.15. The number of imidazole rings is 1. The van der Waals surface area contributed by atoms with E-state index in [-0.39, 0.29) is 5.91 Å². The van der Waals surface area contributed by atoms with E-state index in [1.807, 2.05) is 39.8 Å². The fraction of sp³-hybridized carbons (Fsp3) is 0.273. The van der Waals surface area contributed by atoms with Crippen molar-refractivity contribution in [3.63, 3.8) is 0 Å². The Labute approximate surface area is 164 Å². The molecule has 6 nitrogen and oxygen atoms in total. The Balaban J connectivity index is 1.65. The molecule has 0 bridgehead atoms. The van der Waals surface area contributed by atoms with Crippen LogP contribution in [0.1, 0.15) is 18.9 Å². The molecule has 0 saturated carbocycles. The Morgan fingerprint density at radius 1 is 1.04 bits per heavy atom. The summed E-state index contributed by atoms with van der Waals surface area (Å²) < 4.78 is 12.8. The minimum Gasteiger partial charge on any atom is -0.493 e. The number of hydrogen-bond donors (Lipinski definition) is 0. The van der Waals surface area contributed by atoms with Crippen molar-refractivity contribution in [1.29, 1.82) is 0 Å². The average molecular weight is 377 g/mol. The van der Waals surface area contributed by atoms with Gasteiger partial charge < -0.3 is 18.8 Å². The van der Waals surface area contributed by atoms with Crippen LogP contribution in [-0.4, -0.2) is 47.5 Å². The van der Waals surface area contributed by atoms with Crippen molar-refractivity contribution < 1.29 is 14.3 Å². The van der Waals surface area contributed by atoms with E-state index < -0.39 is 0 Å². The predicted molar refractivity (Wildman–Crippen MR) is 109 cm³/mol. The molecular formula is C22H23N3O3. The zero-order valence-electron chi connectivity index (χ0n) is 16.3. The van der Waals surface area contributed by atoms with Gasteiger partial charge in [0.05, 0.1) is 19.9 Å². The number of nitrogens with zero attached hydrogens (tertiary/aromatic N) is 3. The Kier molecular flexibility index (Phi) is 4.77. The van der Waals surface area contributed by atoms with Crippen molar-refractivity contribution in [3.8, 4) is 22.8 Å². The van der Waals surface area contributed by atoms with Gasteiger partial charge in [0.1, 0.15) is 5.65 Å². The molecule has 0 radical (unpaired) electrons. The van der Waals surface area contributed by atoms with Gasteiger partial charge >= 0.3 is 0 Å². The van der Waals surface area contributed by atoms with Gasteiger partial charge in [0.15, 0.2) is 11.5 Å². The highest BCUT2D eigenvalue weighted by molar-refractivity contribution is 5.76. The van der Waals surface area contributed by atoms with Crippen LogP contribution in [-0.2, 0) is 4.79 Å². The summed E-state index contributed by atoms with van der Waals surface area (Å²) in [4.78, 5) is 18.1. The van der Waals surface area contributed by atoms with Crippen LogP contribution < -0.4 is 9.47 Å². The fourth-order valence-corrected chi connectivity index (χ4v) is 3.53. The SMILES string of the molecule is COc1ccc(-c2cn3cc(C4=CCN(C(C)=O)CC4)ccc3n2)cc1OC. The van der Waals surface area contributed by atoms with E-state index in [1.165, 1.54) is 5.57 Å². The Hall–Kier alpha value is -3.28. The standard InChI is InChI=1S/C22H23N3O3/c1-15(26)24-10-8-16(9-11-24)18-5-7-22-23-19(14-25(22)13-18)17-4-6-20(27-2)21(12-17)28-3/h4-8,12-14H,9-11H2,1-3H3. The lowest BCUT2D eigenvalue weighted by Crippen LogP contribution is -2.32. The molecule has 144 valence electrons. The molecule has 3 heterocycles. The molecule has 6 heteroatoms. The quantitative estimate of drug-likeness (QED) is 0.696. The third-order valence-electron chi connectivity index (χ3n) is 5.16. The van der Waals surface area contributed by atoms with Crippen molar-refractivity contribution in [2.45, 2.75) is 13.3 Å². The number of aromatic nitrogens is 2. The van der Waals surface area contributed by atoms with Crippen molar-refractivity contribution in [1.82, 2.24) is 14.3 Å². The maximum Gasteiger partial charge on any atom is 0.219 e. The van der Waals surface area contributed by atoms with E-state index in [1.54, 1.807) is 21.1 Å². The molecule has 0 spiro atoms. The maximum atomic E-state index is 11.5. The largest absolute Gasteiger partial charge is 0.493 e. The zero-order chi connectivity index (χ0) is 19.7. The lowest BCUT2D eigenvalue weighted by molar-refractivity contribution is -0.128. The van der Waals surface area contributed by atoms with Gasteiger partial charge in [-0.2, -0.15) is 0 Å². The summed E-state index contributed by atoms with van der Waals surface area (Å²) in [5.74, 6) is 1.50. The maximum absolute atomic E-state index is 11.5. The van der Waals surface area contributed by atoms with Crippen molar-refractivity contribution in [2.75, 3.05) is 27.3 Å². The van der Waals surface area contributed by atoms with Gasteiger partial charge in [0.2, 0.25) is 5.91 Å². The van der Waals surface area contributed by atoms with Crippen LogP contribution in [0.15, 0.2) is 48.8 Å². The van der Waals surface area contributed by atoms with Gasteiger partial charge in [-0.25, -0.2) is 4.98 Å². The third kappa shape index (κ3) is 3.33. The van der Waals surface area contributed by atoms with Gasteiger partial charge in [-0.1, -0.05) is 6.08 Å². The molecule has 4 rings (SSSR count). The van der Waals surface area contributed by atoms with Crippen molar-refractivity contribution in [2.24, 2.45) is 0 Å². The van der Waals surface area contributed by atoms with E-state index in [0.29, 0.717) is 18.0 Å². The van der Waals surface area contributed by atoms with Crippen LogP contribution >= 0.6 is 0 Å². The highest BCUT2D eigenvalue weighted by atomic mass is 16.5. The lowest BCUT2D eigenvalue weighted by Gasteiger charge is -2.25. The molecule has 1 aliphatic rings. The molecule has 1 aliphatic heterocycles. The third-order valence-corrected chi connectivity index (χ3v) is 5.16. The summed E-state index contributed by atoms with van der Waals surface area (Å²) in [5, 5.41) is 0. The van der Waals surface area contributed by atoms with Gasteiger partial charge in [0.25, 0.3) is 0 Å². The van der Waals surface area contributed by atoms with E-state index in [0.717, 1.165) is 35.4 Å². The summed E-state index contributed by atoms with van der Waals surface area (Å²) in [6, 6.07) is 9.91. The topological polar surface area (TPSA) is 56.1 Å². The lowest BCUT2D eigenvalue weighted by atomic mass is 10.0. The summed E-state index contributed by atoms with van der Waals surface area (Å²) in [7, 11) is 3.25. The number of fused-ring (bicyclic) bond motifs is 1. The summed E-state index contributed by atoms with van der Waals surface area (Å²) in [6.07, 6.45) is 7.12. The molecule has 1 amide bonds. The highest BCUT2D eigenvalue weighted by Crippen LogP contribution is 2.32. The molecule has 1 aromatic carbocycles. The Bertz CT molecular complexity index is 1070. The number of benzene rings is 1. The predicted octanol–water partition coefficient (Wildman–Crippen LogP) is 3.65. The molecule has 0 fully saturated rings. The number of pyridine rings is 1. The molecule has 0 atom stereocenters. The molecule has 28 heavy (non-hydrogen) atoms. The van der Waals surface area contributed by atoms with Crippen LogP contribution in [0.5, 0.6) is 11.5 Å². The minimum absolute atomic E-state index is 0.125. The van der Waals surface area contributed by atoms with Crippen LogP contribution in [0.3, 0.4) is 0 Å². The normalized spacial score (nSPS) is 14.1. The molecule has 2 aromatic heterocycles. The minimum atomic E-state index is 0.125. The number of carbonyl (C=O) groups is 1. The van der Waals surface area contributed by atoms with E-state index in [2.05, 4.69) is 18.3 Å². The summed E-state index contributed by atoms with van der Waals surface area (Å²) >= 11 is 0. The van der Waals surface area contributed by atoms with Gasteiger partial charge in [-0.3, -0.25) is 4.79 Å². The van der Waals surface area contributed by atoms with Crippen molar-refractivity contribution >= 4 is 17.1 Å². The number of ether oxygens (including phenoxy) is 2. The number of methoxy groups -OCH3 is 2. The van der Waals surface area contributed by atoms with Crippen LogP contribution in [0.25, 0.3) is 22.5 Å². The molecule has 0 unspecified atom stereocenters. The van der Waals surface area contributed by atoms with Crippen LogP contribution in [0.4, 0.5) is 0 Å². The summed E-state index contributed by atoms with van der Waals surface area (Å²) in [6.45, 7) is 3.05.